The van der Waals surface area contributed by atoms with Gasteiger partial charge in [-0.05, 0) is 18.1 Å². The maximum atomic E-state index is 13.8. The van der Waals surface area contributed by atoms with E-state index in [9.17, 15) is 31.1 Å². The van der Waals surface area contributed by atoms with Gasteiger partial charge >= 0.3 is 6.18 Å². The lowest BCUT2D eigenvalue weighted by molar-refractivity contribution is -0.134. The van der Waals surface area contributed by atoms with E-state index in [2.05, 4.69) is 10.5 Å². The van der Waals surface area contributed by atoms with Crippen LogP contribution in [0.2, 0.25) is 0 Å². The lowest BCUT2D eigenvalue weighted by Crippen LogP contribution is -2.59. The Kier molecular flexibility index (Phi) is 5.60. The van der Waals surface area contributed by atoms with E-state index in [4.69, 9.17) is 5.73 Å². The minimum Gasteiger partial charge on any atom is -0.337 e. The summed E-state index contributed by atoms with van der Waals surface area (Å²) >= 11 is 0. The molecule has 28 heavy (non-hydrogen) atoms. The Morgan fingerprint density at radius 3 is 2.75 bits per heavy atom. The van der Waals surface area contributed by atoms with Crippen LogP contribution in [-0.4, -0.2) is 65.7 Å². The van der Waals surface area contributed by atoms with Gasteiger partial charge in [-0.15, -0.1) is 0 Å². The molecule has 0 bridgehead atoms. The number of nitrogens with one attached hydrogen (secondary N) is 1. The highest BCUT2D eigenvalue weighted by Gasteiger charge is 2.47. The highest BCUT2D eigenvalue weighted by Crippen LogP contribution is 2.31. The predicted molar refractivity (Wildman–Crippen MR) is 87.7 cm³/mol. The predicted octanol–water partition coefficient (Wildman–Crippen LogP) is 1.86. The van der Waals surface area contributed by atoms with E-state index in [1.807, 2.05) is 0 Å². The molecule has 0 aromatic rings. The second kappa shape index (κ2) is 7.64. The Balaban J connectivity index is 1.53. The first-order chi connectivity index (χ1) is 13.1. The molecule has 1 aliphatic carbocycles. The molecule has 3 aliphatic rings. The van der Waals surface area contributed by atoms with Crippen LogP contribution in [0.15, 0.2) is 28.4 Å². The van der Waals surface area contributed by atoms with Crippen molar-refractivity contribution in [2.45, 2.75) is 43.8 Å². The Bertz CT molecular complexity index is 734. The van der Waals surface area contributed by atoms with Gasteiger partial charge in [0.1, 0.15) is 18.2 Å². The quantitative estimate of drug-likeness (QED) is 0.693. The second-order valence-electron chi connectivity index (χ2n) is 6.92. The molecular weight excluding hydrogens is 392 g/mol. The number of nitrogens with two attached hydrogens (primary N) is 1. The molecule has 3 atom stereocenters. The van der Waals surface area contributed by atoms with E-state index in [1.54, 1.807) is 0 Å². The molecule has 156 valence electrons. The summed E-state index contributed by atoms with van der Waals surface area (Å²) in [5, 5.41) is 3.29. The van der Waals surface area contributed by atoms with Crippen molar-refractivity contribution in [2.24, 2.45) is 10.8 Å². The number of hydrogen-bond acceptors (Lipinski definition) is 5. The topological polar surface area (TPSA) is 74.0 Å². The summed E-state index contributed by atoms with van der Waals surface area (Å²) in [7, 11) is 0. The average Bonchev–Trinajstić information content (AvgIpc) is 3.03. The third-order valence-corrected chi connectivity index (χ3v) is 4.84. The molecule has 3 N–H and O–H groups in total. The molecule has 12 heteroatoms. The van der Waals surface area contributed by atoms with Crippen molar-refractivity contribution < 1.29 is 31.1 Å². The van der Waals surface area contributed by atoms with Crippen LogP contribution in [0.25, 0.3) is 0 Å². The number of amidine groups is 1. The Hall–Kier alpha value is -2.24. The molecule has 0 aromatic heterocycles. The Labute approximate surface area is 156 Å². The number of carbonyl (C=O) groups excluding carboxylic acids is 1. The number of rotatable bonds is 4. The van der Waals surface area contributed by atoms with Crippen molar-refractivity contribution >= 4 is 11.7 Å². The maximum Gasteiger partial charge on any atom is 0.451 e. The summed E-state index contributed by atoms with van der Waals surface area (Å²) in [5.74, 6) is -3.75. The van der Waals surface area contributed by atoms with Crippen molar-refractivity contribution in [3.05, 3.63) is 23.3 Å². The molecule has 0 aromatic carbocycles. The van der Waals surface area contributed by atoms with Gasteiger partial charge in [-0.3, -0.25) is 10.2 Å². The zero-order chi connectivity index (χ0) is 20.6. The number of nitrogens with zero attached hydrogens (tertiary/aromatic N) is 3. The third kappa shape index (κ3) is 4.26. The summed E-state index contributed by atoms with van der Waals surface area (Å²) in [6.45, 7) is -0.0224. The number of fused-ring (bicyclic) bond motifs is 1. The van der Waals surface area contributed by atoms with E-state index < -0.39 is 54.4 Å². The van der Waals surface area contributed by atoms with Gasteiger partial charge in [0.25, 0.3) is 0 Å². The summed E-state index contributed by atoms with van der Waals surface area (Å²) < 4.78 is 78.8. The normalized spacial score (nSPS) is 26.5. The van der Waals surface area contributed by atoms with Crippen LogP contribution in [0.4, 0.5) is 26.3 Å². The minimum absolute atomic E-state index is 0.0222. The summed E-state index contributed by atoms with van der Waals surface area (Å²) in [6, 6.07) is -0.831. The maximum absolute atomic E-state index is 13.8. The fourth-order valence-corrected chi connectivity index (χ4v) is 3.43. The van der Waals surface area contributed by atoms with Gasteiger partial charge in [0.2, 0.25) is 11.7 Å². The summed E-state index contributed by atoms with van der Waals surface area (Å²) in [6.07, 6.45) is -7.35. The van der Waals surface area contributed by atoms with Crippen LogP contribution in [-0.2, 0) is 4.79 Å². The van der Waals surface area contributed by atoms with Crippen molar-refractivity contribution in [3.8, 4) is 0 Å². The standard InChI is InChI=1S/C16H19F6N5O/c17-10-6-12(19)11(18)4-8(10)3-9(23)5-14(28)26-1-2-27-13(7-26)24-25-15(27)16(20,21)22/h4,9-10,13,24H,1-3,5-7,23H2/t9-,10?,13?/m1/s1. The molecule has 1 amide bonds. The number of hydrazone groups is 1. The zero-order valence-electron chi connectivity index (χ0n) is 14.6. The van der Waals surface area contributed by atoms with E-state index in [0.29, 0.717) is 0 Å². The molecule has 0 saturated carbocycles. The first kappa shape index (κ1) is 20.5. The molecule has 1 saturated heterocycles. The highest BCUT2D eigenvalue weighted by atomic mass is 19.4. The Morgan fingerprint density at radius 1 is 1.36 bits per heavy atom. The van der Waals surface area contributed by atoms with Gasteiger partial charge in [-0.25, -0.2) is 13.2 Å². The first-order valence-electron chi connectivity index (χ1n) is 8.65. The molecule has 1 fully saturated rings. The number of hydrogen-bond donors (Lipinski definition) is 2. The minimum atomic E-state index is -4.59. The van der Waals surface area contributed by atoms with Gasteiger partial charge in [-0.2, -0.15) is 18.3 Å². The Morgan fingerprint density at radius 2 is 2.07 bits per heavy atom. The van der Waals surface area contributed by atoms with Crippen molar-refractivity contribution in [3.63, 3.8) is 0 Å². The fraction of sp³-hybridized carbons (Fsp3) is 0.625. The van der Waals surface area contributed by atoms with Crippen LogP contribution in [0, 0.1) is 0 Å². The molecule has 0 spiro atoms. The first-order valence-corrected chi connectivity index (χ1v) is 8.65. The monoisotopic (exact) mass is 411 g/mol. The van der Waals surface area contributed by atoms with Crippen LogP contribution in [0.1, 0.15) is 19.3 Å². The van der Waals surface area contributed by atoms with Crippen molar-refractivity contribution in [1.29, 1.82) is 0 Å². The van der Waals surface area contributed by atoms with Crippen molar-refractivity contribution in [1.82, 2.24) is 15.2 Å². The smallest absolute Gasteiger partial charge is 0.337 e. The number of piperazine rings is 1. The van der Waals surface area contributed by atoms with Gasteiger partial charge < -0.3 is 15.5 Å². The van der Waals surface area contributed by atoms with E-state index >= 15 is 0 Å². The lowest BCUT2D eigenvalue weighted by atomic mass is 9.94. The summed E-state index contributed by atoms with van der Waals surface area (Å²) in [4.78, 5) is 14.8. The number of halogens is 6. The van der Waals surface area contributed by atoms with Crippen LogP contribution in [0.5, 0.6) is 0 Å². The molecule has 0 radical (unpaired) electrons. The second-order valence-corrected chi connectivity index (χ2v) is 6.92. The number of carbonyl (C=O) groups is 1. The van der Waals surface area contributed by atoms with Crippen LogP contribution in [0.3, 0.4) is 0 Å². The molecule has 2 heterocycles. The molecule has 2 aliphatic heterocycles. The van der Waals surface area contributed by atoms with Gasteiger partial charge in [-0.1, -0.05) is 0 Å². The zero-order valence-corrected chi connectivity index (χ0v) is 14.6. The fourth-order valence-electron chi connectivity index (χ4n) is 3.43. The number of allylic oxidation sites excluding steroid dienone is 3. The van der Waals surface area contributed by atoms with Gasteiger partial charge in [0, 0.05) is 32.0 Å². The van der Waals surface area contributed by atoms with Gasteiger partial charge in [0.15, 0.2) is 5.83 Å². The van der Waals surface area contributed by atoms with Crippen LogP contribution < -0.4 is 11.2 Å². The molecular formula is C16H19F6N5O. The van der Waals surface area contributed by atoms with E-state index in [0.717, 1.165) is 11.0 Å². The van der Waals surface area contributed by atoms with E-state index in [-0.39, 0.29) is 38.0 Å². The molecule has 2 unspecified atom stereocenters. The van der Waals surface area contributed by atoms with Crippen molar-refractivity contribution in [2.75, 3.05) is 19.6 Å². The van der Waals surface area contributed by atoms with E-state index in [1.165, 1.54) is 4.90 Å². The van der Waals surface area contributed by atoms with Gasteiger partial charge in [0.05, 0.1) is 6.54 Å². The largest absolute Gasteiger partial charge is 0.451 e. The number of alkyl halides is 4. The SMILES string of the molecule is N[C@@H](CC(=O)N1CCN2C(C(F)(F)F)=NNC2C1)CC1=CC(F)=C(F)CC1F. The summed E-state index contributed by atoms with van der Waals surface area (Å²) in [5.41, 5.74) is 8.19. The number of amides is 1. The highest BCUT2D eigenvalue weighted by molar-refractivity contribution is 5.89. The molecule has 6 nitrogen and oxygen atoms in total. The lowest BCUT2D eigenvalue weighted by Gasteiger charge is -2.38. The third-order valence-electron chi connectivity index (χ3n) is 4.84. The average molecular weight is 411 g/mol. The van der Waals surface area contributed by atoms with Crippen LogP contribution >= 0.6 is 0 Å². The molecule has 3 rings (SSSR count).